The molecule has 0 heterocycles. The molecule has 4 aliphatic carbocycles. The minimum atomic E-state index is 0.00897. The van der Waals surface area contributed by atoms with E-state index in [2.05, 4.69) is 18.3 Å². The average Bonchev–Trinajstić information content (AvgIpc) is 2.63. The van der Waals surface area contributed by atoms with Gasteiger partial charge in [-0.2, -0.15) is 0 Å². The zero-order valence-electron chi connectivity index (χ0n) is 16.2. The fourth-order valence-electron chi connectivity index (χ4n) is 6.29. The molecule has 1 aromatic carbocycles. The van der Waals surface area contributed by atoms with E-state index in [0.29, 0.717) is 17.2 Å². The van der Waals surface area contributed by atoms with E-state index in [1.54, 1.807) is 7.11 Å². The Morgan fingerprint density at radius 2 is 1.77 bits per heavy atom. The number of rotatable bonds is 8. The van der Waals surface area contributed by atoms with Crippen molar-refractivity contribution >= 4 is 0 Å². The van der Waals surface area contributed by atoms with E-state index in [4.69, 9.17) is 14.6 Å². The van der Waals surface area contributed by atoms with Gasteiger partial charge in [0.05, 0.1) is 13.7 Å². The highest BCUT2D eigenvalue weighted by Gasteiger charge is 2.52. The summed E-state index contributed by atoms with van der Waals surface area (Å²) in [5.41, 5.74) is 1.75. The van der Waals surface area contributed by atoms with Crippen LogP contribution in [-0.2, 0) is 6.54 Å². The monoisotopic (exact) mass is 359 g/mol. The second-order valence-electron chi connectivity index (χ2n) is 8.94. The molecule has 4 saturated carbocycles. The molecular weight excluding hydrogens is 326 g/mol. The summed E-state index contributed by atoms with van der Waals surface area (Å²) in [4.78, 5) is 0. The van der Waals surface area contributed by atoms with Crippen LogP contribution in [-0.4, -0.2) is 31.5 Å². The molecule has 0 amide bonds. The summed E-state index contributed by atoms with van der Waals surface area (Å²) < 4.78 is 11.0. The van der Waals surface area contributed by atoms with E-state index in [1.807, 2.05) is 12.1 Å². The number of aliphatic hydroxyl groups excluding tert-OH is 1. The molecule has 0 spiro atoms. The van der Waals surface area contributed by atoms with Crippen LogP contribution in [0.4, 0.5) is 0 Å². The molecule has 1 unspecified atom stereocenters. The summed E-state index contributed by atoms with van der Waals surface area (Å²) >= 11 is 0. The van der Waals surface area contributed by atoms with Gasteiger partial charge in [0.1, 0.15) is 6.61 Å². The molecule has 4 bridgehead atoms. The fraction of sp³-hybridized carbons (Fsp3) is 0.727. The summed E-state index contributed by atoms with van der Waals surface area (Å²) in [6, 6.07) is 6.65. The lowest BCUT2D eigenvalue weighted by atomic mass is 9.48. The van der Waals surface area contributed by atoms with E-state index >= 15 is 0 Å². The molecule has 1 atom stereocenters. The first-order valence-electron chi connectivity index (χ1n) is 10.3. The van der Waals surface area contributed by atoms with Crippen molar-refractivity contribution in [1.82, 2.24) is 5.32 Å². The molecule has 26 heavy (non-hydrogen) atoms. The Morgan fingerprint density at radius 1 is 1.12 bits per heavy atom. The maximum absolute atomic E-state index is 8.93. The van der Waals surface area contributed by atoms with Gasteiger partial charge in [-0.1, -0.05) is 6.07 Å². The van der Waals surface area contributed by atoms with Gasteiger partial charge in [0.15, 0.2) is 11.5 Å². The van der Waals surface area contributed by atoms with Crippen molar-refractivity contribution in [3.05, 3.63) is 23.8 Å². The van der Waals surface area contributed by atoms with Crippen LogP contribution in [0.1, 0.15) is 51.0 Å². The molecule has 0 radical (unpaired) electrons. The van der Waals surface area contributed by atoms with Crippen molar-refractivity contribution in [2.45, 2.75) is 58.0 Å². The highest BCUT2D eigenvalue weighted by atomic mass is 16.5. The highest BCUT2D eigenvalue weighted by Crippen LogP contribution is 2.61. The maximum Gasteiger partial charge on any atom is 0.161 e. The molecule has 0 aliphatic heterocycles. The Bertz CT molecular complexity index is 595. The number of aliphatic hydroxyl groups is 1. The van der Waals surface area contributed by atoms with Crippen LogP contribution in [0, 0.1) is 23.2 Å². The number of methoxy groups -OCH3 is 1. The lowest BCUT2D eigenvalue weighted by Gasteiger charge is -2.59. The Hall–Kier alpha value is -1.26. The molecule has 144 valence electrons. The Labute approximate surface area is 157 Å². The van der Waals surface area contributed by atoms with Crippen LogP contribution in [0.2, 0.25) is 0 Å². The summed E-state index contributed by atoms with van der Waals surface area (Å²) in [5.74, 6) is 4.41. The molecule has 0 aromatic heterocycles. The highest BCUT2D eigenvalue weighted by molar-refractivity contribution is 5.43. The third-order valence-corrected chi connectivity index (χ3v) is 7.19. The van der Waals surface area contributed by atoms with E-state index in [-0.39, 0.29) is 13.2 Å². The predicted octanol–water partition coefficient (Wildman–Crippen LogP) is 3.76. The molecule has 5 rings (SSSR count). The van der Waals surface area contributed by atoms with Gasteiger partial charge in [-0.15, -0.1) is 0 Å². The first-order chi connectivity index (χ1) is 12.6. The maximum atomic E-state index is 8.93. The zero-order chi connectivity index (χ0) is 18.1. The van der Waals surface area contributed by atoms with E-state index < -0.39 is 0 Å². The van der Waals surface area contributed by atoms with E-state index in [9.17, 15) is 0 Å². The van der Waals surface area contributed by atoms with Crippen molar-refractivity contribution in [2.24, 2.45) is 23.2 Å². The topological polar surface area (TPSA) is 50.7 Å². The van der Waals surface area contributed by atoms with Crippen molar-refractivity contribution < 1.29 is 14.6 Å². The molecule has 4 nitrogen and oxygen atoms in total. The fourth-order valence-corrected chi connectivity index (χ4v) is 6.29. The van der Waals surface area contributed by atoms with E-state index in [0.717, 1.165) is 30.0 Å². The first kappa shape index (κ1) is 18.1. The second-order valence-corrected chi connectivity index (χ2v) is 8.94. The van der Waals surface area contributed by atoms with Crippen LogP contribution in [0.5, 0.6) is 11.5 Å². The van der Waals surface area contributed by atoms with Gasteiger partial charge >= 0.3 is 0 Å². The number of benzene rings is 1. The van der Waals surface area contributed by atoms with Crippen LogP contribution in [0.25, 0.3) is 0 Å². The lowest BCUT2D eigenvalue weighted by molar-refractivity contribution is -0.0706. The normalized spacial score (nSPS) is 33.3. The third-order valence-electron chi connectivity index (χ3n) is 7.19. The van der Waals surface area contributed by atoms with Gasteiger partial charge in [-0.3, -0.25) is 0 Å². The number of nitrogens with one attached hydrogen (secondary N) is 1. The minimum absolute atomic E-state index is 0.00897. The van der Waals surface area contributed by atoms with Crippen LogP contribution in [0.3, 0.4) is 0 Å². The molecule has 0 saturated heterocycles. The number of ether oxygens (including phenoxy) is 2. The van der Waals surface area contributed by atoms with Gasteiger partial charge < -0.3 is 19.9 Å². The number of hydrogen-bond donors (Lipinski definition) is 2. The standard InChI is InChI=1S/C22H33NO3/c1-15(22-11-17-7-18(12-22)9-19(8-17)13-22)23-14-16-3-4-20(26-6-5-24)21(10-16)25-2/h3-4,10,15,17-19,23-24H,5-9,11-14H2,1-2H3. The van der Waals surface area contributed by atoms with Gasteiger partial charge in [-0.05, 0) is 86.3 Å². The lowest BCUT2D eigenvalue weighted by Crippen LogP contribution is -2.54. The minimum Gasteiger partial charge on any atom is -0.493 e. The Morgan fingerprint density at radius 3 is 2.35 bits per heavy atom. The summed E-state index contributed by atoms with van der Waals surface area (Å²) in [5, 5.41) is 12.8. The first-order valence-corrected chi connectivity index (χ1v) is 10.3. The summed E-state index contributed by atoms with van der Waals surface area (Å²) in [6.07, 6.45) is 8.80. The van der Waals surface area contributed by atoms with Gasteiger partial charge in [-0.25, -0.2) is 0 Å². The largest absolute Gasteiger partial charge is 0.493 e. The third kappa shape index (κ3) is 3.46. The number of hydrogen-bond acceptors (Lipinski definition) is 4. The van der Waals surface area contributed by atoms with Gasteiger partial charge in [0.2, 0.25) is 0 Å². The Balaban J connectivity index is 1.39. The second kappa shape index (κ2) is 7.40. The zero-order valence-corrected chi connectivity index (χ0v) is 16.2. The van der Waals surface area contributed by atoms with Crippen molar-refractivity contribution in [2.75, 3.05) is 20.3 Å². The quantitative estimate of drug-likeness (QED) is 0.742. The van der Waals surface area contributed by atoms with Crippen LogP contribution >= 0.6 is 0 Å². The molecule has 2 N–H and O–H groups in total. The van der Waals surface area contributed by atoms with Gasteiger partial charge in [0, 0.05) is 12.6 Å². The van der Waals surface area contributed by atoms with Crippen LogP contribution in [0.15, 0.2) is 18.2 Å². The predicted molar refractivity (Wildman–Crippen MR) is 102 cm³/mol. The summed E-state index contributed by atoms with van der Waals surface area (Å²) in [6.45, 7) is 3.56. The molecule has 4 heteroatoms. The summed E-state index contributed by atoms with van der Waals surface area (Å²) in [7, 11) is 1.66. The SMILES string of the molecule is COc1cc(CNC(C)C23CC4CC(CC(C4)C2)C3)ccc1OCCO. The van der Waals surface area contributed by atoms with Crippen molar-refractivity contribution in [3.63, 3.8) is 0 Å². The average molecular weight is 360 g/mol. The van der Waals surface area contributed by atoms with Crippen molar-refractivity contribution in [3.8, 4) is 11.5 Å². The molecule has 4 aliphatic rings. The molecule has 1 aromatic rings. The molecular formula is C22H33NO3. The molecule has 4 fully saturated rings. The van der Waals surface area contributed by atoms with Crippen LogP contribution < -0.4 is 14.8 Å². The Kier molecular flexibility index (Phi) is 5.15. The van der Waals surface area contributed by atoms with Crippen molar-refractivity contribution in [1.29, 1.82) is 0 Å². The smallest absolute Gasteiger partial charge is 0.161 e. The van der Waals surface area contributed by atoms with E-state index in [1.165, 1.54) is 44.1 Å². The van der Waals surface area contributed by atoms with Gasteiger partial charge in [0.25, 0.3) is 0 Å².